The maximum absolute atomic E-state index is 13.9. The van der Waals surface area contributed by atoms with Gasteiger partial charge in [0.05, 0.1) is 30.7 Å². The molecule has 6 atom stereocenters. The number of hydrogen-bond acceptors (Lipinski definition) is 7. The third kappa shape index (κ3) is 6.72. The topological polar surface area (TPSA) is 104 Å². The average Bonchev–Trinajstić information content (AvgIpc) is 3.59. The number of likely N-dealkylation sites (tertiary alicyclic amines) is 2. The molecule has 3 aliphatic carbocycles. The molecule has 3 saturated carbocycles. The van der Waals surface area contributed by atoms with E-state index in [2.05, 4.69) is 26.1 Å². The molecule has 3 heterocycles. The number of carbonyl (C=O) groups is 2. The van der Waals surface area contributed by atoms with Crippen molar-refractivity contribution in [3.63, 3.8) is 0 Å². The van der Waals surface area contributed by atoms with E-state index >= 15 is 0 Å². The van der Waals surface area contributed by atoms with Crippen molar-refractivity contribution in [2.24, 2.45) is 17.3 Å². The number of carbonyl (C=O) groups excluding carboxylic acids is 2. The Morgan fingerprint density at radius 2 is 1.94 bits per heavy atom. The number of alkyl halides is 2. The molecular formula is C35H46BF3N4O5. The minimum absolute atomic E-state index is 0.0881. The fourth-order valence-corrected chi connectivity index (χ4v) is 8.70. The van der Waals surface area contributed by atoms with Crippen LogP contribution in [0.5, 0.6) is 0 Å². The predicted molar refractivity (Wildman–Crippen MR) is 172 cm³/mol. The molecule has 7 rings (SSSR count). The van der Waals surface area contributed by atoms with Crippen molar-refractivity contribution in [1.82, 2.24) is 15.1 Å². The number of nitriles is 1. The van der Waals surface area contributed by atoms with Gasteiger partial charge in [-0.3, -0.25) is 9.69 Å². The van der Waals surface area contributed by atoms with Crippen molar-refractivity contribution in [3.05, 3.63) is 47.3 Å². The first-order valence-electron chi connectivity index (χ1n) is 17.1. The molecule has 0 spiro atoms. The molecule has 0 radical (unpaired) electrons. The second kappa shape index (κ2) is 12.7. The molecule has 48 heavy (non-hydrogen) atoms. The summed E-state index contributed by atoms with van der Waals surface area (Å²) in [4.78, 5) is 29.9. The molecule has 6 fully saturated rings. The van der Waals surface area contributed by atoms with E-state index in [9.17, 15) is 28.0 Å². The molecule has 13 heteroatoms. The number of rotatable bonds is 8. The fraction of sp³-hybridized carbons (Fsp3) is 0.686. The van der Waals surface area contributed by atoms with Crippen LogP contribution in [-0.4, -0.2) is 90.3 Å². The third-order valence-corrected chi connectivity index (χ3v) is 11.7. The van der Waals surface area contributed by atoms with E-state index in [0.29, 0.717) is 37.6 Å². The maximum Gasteiger partial charge on any atom is 0.482 e. The third-order valence-electron chi connectivity index (χ3n) is 11.7. The number of amides is 2. The van der Waals surface area contributed by atoms with E-state index in [4.69, 9.17) is 14.0 Å². The van der Waals surface area contributed by atoms with Crippen LogP contribution in [0.4, 0.5) is 18.0 Å². The van der Waals surface area contributed by atoms with E-state index < -0.39 is 54.8 Å². The Bertz CT molecular complexity index is 1480. The highest BCUT2D eigenvalue weighted by atomic mass is 19.3. The number of halogens is 3. The molecular weight excluding hydrogens is 624 g/mol. The van der Waals surface area contributed by atoms with E-state index in [1.165, 1.54) is 23.1 Å². The van der Waals surface area contributed by atoms with Crippen LogP contribution in [0.3, 0.4) is 0 Å². The first kappa shape index (κ1) is 34.8. The van der Waals surface area contributed by atoms with E-state index in [1.807, 2.05) is 6.07 Å². The Morgan fingerprint density at radius 1 is 1.21 bits per heavy atom. The Kier molecular flexibility index (Phi) is 9.18. The monoisotopic (exact) mass is 670 g/mol. The van der Waals surface area contributed by atoms with Crippen LogP contribution in [0, 0.1) is 34.4 Å². The van der Waals surface area contributed by atoms with Gasteiger partial charge in [0.15, 0.2) is 0 Å². The van der Waals surface area contributed by atoms with E-state index in [-0.39, 0.29) is 42.4 Å². The Hall–Kier alpha value is -3.08. The number of alkyl carbamates (subject to hydrolysis) is 1. The molecule has 3 aliphatic heterocycles. The van der Waals surface area contributed by atoms with Crippen LogP contribution in [0.15, 0.2) is 35.9 Å². The summed E-state index contributed by atoms with van der Waals surface area (Å²) < 4.78 is 60.4. The van der Waals surface area contributed by atoms with Gasteiger partial charge in [-0.1, -0.05) is 26.0 Å². The molecule has 1 N–H and O–H groups in total. The molecule has 3 saturated heterocycles. The number of piperidine rings is 1. The molecule has 0 unspecified atom stereocenters. The van der Waals surface area contributed by atoms with Crippen molar-refractivity contribution in [2.45, 2.75) is 108 Å². The Morgan fingerprint density at radius 3 is 2.58 bits per heavy atom. The first-order chi connectivity index (χ1) is 22.5. The van der Waals surface area contributed by atoms with Crippen molar-refractivity contribution < 1.29 is 36.8 Å². The first-order valence-corrected chi connectivity index (χ1v) is 17.1. The highest BCUT2D eigenvalue weighted by Crippen LogP contribution is 2.65. The van der Waals surface area contributed by atoms with Crippen LogP contribution in [0.1, 0.15) is 72.3 Å². The molecule has 0 aromatic heterocycles. The summed E-state index contributed by atoms with van der Waals surface area (Å²) in [5.74, 6) is -3.42. The van der Waals surface area contributed by atoms with Gasteiger partial charge in [0.2, 0.25) is 0 Å². The minimum atomic E-state index is -2.80. The standard InChI is InChI=1S/C35H46BF3N4O5/c1-32(2,43-14-12-35(38,39)21-43)18-23(19-40)30(44)42-13-6-7-26(20-42)46-31(45)41-29(15-22-8-10-25(37)11-9-22)36-47-28-17-24-16-27(33(24,3)4)34(28,5)48-36/h8-11,18,24,26-29H,6-7,12-17,20-21H2,1-5H3,(H,41,45)/t24-,26-,27-,28+,29-,34-/m0/s1. The predicted octanol–water partition coefficient (Wildman–Crippen LogP) is 5.29. The Balaban J connectivity index is 1.11. The zero-order valence-corrected chi connectivity index (χ0v) is 28.4. The number of nitrogens with one attached hydrogen (secondary N) is 1. The summed E-state index contributed by atoms with van der Waals surface area (Å²) in [5.41, 5.74) is -0.613. The summed E-state index contributed by atoms with van der Waals surface area (Å²) in [6.45, 7) is 10.3. The number of hydrogen-bond donors (Lipinski definition) is 1. The Labute approximate surface area is 281 Å². The van der Waals surface area contributed by atoms with Crippen LogP contribution < -0.4 is 5.32 Å². The molecule has 6 aliphatic rings. The van der Waals surface area contributed by atoms with Crippen LogP contribution >= 0.6 is 0 Å². The molecule has 9 nitrogen and oxygen atoms in total. The quantitative estimate of drug-likeness (QED) is 0.228. The number of benzene rings is 1. The van der Waals surface area contributed by atoms with Gasteiger partial charge >= 0.3 is 13.2 Å². The van der Waals surface area contributed by atoms with Gasteiger partial charge in [-0.15, -0.1) is 0 Å². The smallest absolute Gasteiger partial charge is 0.444 e. The highest BCUT2D eigenvalue weighted by Gasteiger charge is 2.68. The van der Waals surface area contributed by atoms with Gasteiger partial charge in [0, 0.05) is 25.0 Å². The van der Waals surface area contributed by atoms with Gasteiger partial charge in [0.1, 0.15) is 23.6 Å². The summed E-state index contributed by atoms with van der Waals surface area (Å²) >= 11 is 0. The highest BCUT2D eigenvalue weighted by molar-refractivity contribution is 6.47. The second-order valence-corrected chi connectivity index (χ2v) is 15.7. The second-order valence-electron chi connectivity index (χ2n) is 15.7. The summed E-state index contributed by atoms with van der Waals surface area (Å²) in [7, 11) is -0.737. The fourth-order valence-electron chi connectivity index (χ4n) is 8.70. The lowest BCUT2D eigenvalue weighted by Crippen LogP contribution is -2.65. The summed E-state index contributed by atoms with van der Waals surface area (Å²) in [6, 6.07) is 8.04. The largest absolute Gasteiger partial charge is 0.482 e. The summed E-state index contributed by atoms with van der Waals surface area (Å²) in [5, 5.41) is 12.8. The van der Waals surface area contributed by atoms with Crippen molar-refractivity contribution in [3.8, 4) is 6.07 Å². The van der Waals surface area contributed by atoms with Crippen molar-refractivity contribution in [2.75, 3.05) is 26.2 Å². The number of nitrogens with zero attached hydrogens (tertiary/aromatic N) is 3. The zero-order valence-electron chi connectivity index (χ0n) is 28.4. The SMILES string of the molecule is CC1(C)[C@@H]2C[C@H]3OB([C@H](Cc4ccc(F)cc4)NC(=O)O[C@H]4CCCN(C(=O)C(C#N)=CC(C)(C)N5CCC(F)(F)C5)C4)O[C@@]3(C)[C@H]1C2. The molecule has 1 aromatic rings. The lowest BCUT2D eigenvalue weighted by atomic mass is 9.43. The average molecular weight is 671 g/mol. The van der Waals surface area contributed by atoms with E-state index in [0.717, 1.165) is 18.4 Å². The lowest BCUT2D eigenvalue weighted by Gasteiger charge is -2.64. The summed E-state index contributed by atoms with van der Waals surface area (Å²) in [6.07, 6.45) is 3.14. The molecule has 260 valence electrons. The van der Waals surface area contributed by atoms with E-state index in [1.54, 1.807) is 30.9 Å². The zero-order chi connectivity index (χ0) is 34.6. The van der Waals surface area contributed by atoms with Crippen LogP contribution in [-0.2, 0) is 25.3 Å². The normalized spacial score (nSPS) is 31.8. The molecule has 1 aromatic carbocycles. The molecule has 2 bridgehead atoms. The van der Waals surface area contributed by atoms with Crippen LogP contribution in [0.25, 0.3) is 0 Å². The maximum atomic E-state index is 13.9. The molecule has 2 amide bonds. The van der Waals surface area contributed by atoms with Crippen LogP contribution in [0.2, 0.25) is 0 Å². The van der Waals surface area contributed by atoms with Crippen molar-refractivity contribution >= 4 is 19.1 Å². The van der Waals surface area contributed by atoms with Crippen molar-refractivity contribution in [1.29, 1.82) is 5.26 Å². The minimum Gasteiger partial charge on any atom is -0.444 e. The van der Waals surface area contributed by atoms with Gasteiger partial charge in [0.25, 0.3) is 11.8 Å². The van der Waals surface area contributed by atoms with Gasteiger partial charge in [-0.25, -0.2) is 18.0 Å². The lowest BCUT2D eigenvalue weighted by molar-refractivity contribution is -0.199. The van der Waals surface area contributed by atoms with Gasteiger partial charge in [-0.05, 0) is 93.9 Å². The number of ether oxygens (including phenoxy) is 1. The van der Waals surface area contributed by atoms with Gasteiger partial charge in [-0.2, -0.15) is 5.26 Å². The van der Waals surface area contributed by atoms with Gasteiger partial charge < -0.3 is 24.3 Å².